The normalized spacial score (nSPS) is 28.1. The van der Waals surface area contributed by atoms with Gasteiger partial charge in [0.05, 0.1) is 0 Å². The van der Waals surface area contributed by atoms with Crippen molar-refractivity contribution in [2.45, 2.75) is 44.9 Å². The number of carboxylic acids is 1. The molecule has 2 aliphatic heterocycles. The van der Waals surface area contributed by atoms with Crippen LogP contribution in [0.25, 0.3) is 0 Å². The highest BCUT2D eigenvalue weighted by Crippen LogP contribution is 2.35. The van der Waals surface area contributed by atoms with Crippen molar-refractivity contribution in [2.75, 3.05) is 32.7 Å². The number of hydrogen-bond donors (Lipinski definition) is 2. The lowest BCUT2D eigenvalue weighted by Gasteiger charge is -2.40. The maximum Gasteiger partial charge on any atom is 0.303 e. The zero-order valence-corrected chi connectivity index (χ0v) is 15.4. The summed E-state index contributed by atoms with van der Waals surface area (Å²) in [4.78, 5) is 39.2. The summed E-state index contributed by atoms with van der Waals surface area (Å²) in [7, 11) is 0. The summed E-state index contributed by atoms with van der Waals surface area (Å²) >= 11 is 0. The third-order valence-corrected chi connectivity index (χ3v) is 6.37. The molecule has 1 aliphatic carbocycles. The highest BCUT2D eigenvalue weighted by atomic mass is 16.4. The molecule has 2 atom stereocenters. The number of carbonyl (C=O) groups is 3. The number of rotatable bonds is 7. The van der Waals surface area contributed by atoms with Crippen LogP contribution in [0.1, 0.15) is 44.9 Å². The number of carboxylic acid groups (broad SMARTS) is 1. The Kier molecular flexibility index (Phi) is 6.16. The van der Waals surface area contributed by atoms with Gasteiger partial charge < -0.3 is 20.6 Å². The summed E-state index contributed by atoms with van der Waals surface area (Å²) in [6, 6.07) is 0. The molecule has 0 spiro atoms. The largest absolute Gasteiger partial charge is 0.481 e. The fourth-order valence-corrected chi connectivity index (χ4v) is 4.48. The number of nitrogens with zero attached hydrogens (tertiary/aromatic N) is 2. The molecule has 7 nitrogen and oxygen atoms in total. The first-order valence-corrected chi connectivity index (χ1v) is 9.96. The van der Waals surface area contributed by atoms with E-state index in [4.69, 9.17) is 5.73 Å². The lowest BCUT2D eigenvalue weighted by atomic mass is 9.80. The van der Waals surface area contributed by atoms with E-state index in [-0.39, 0.29) is 41.9 Å². The van der Waals surface area contributed by atoms with E-state index in [1.54, 1.807) is 0 Å². The first-order valence-electron chi connectivity index (χ1n) is 9.96. The summed E-state index contributed by atoms with van der Waals surface area (Å²) in [6.07, 6.45) is 5.53. The molecule has 0 aromatic rings. The van der Waals surface area contributed by atoms with Gasteiger partial charge in [-0.1, -0.05) is 0 Å². The van der Waals surface area contributed by atoms with Crippen LogP contribution in [0.4, 0.5) is 0 Å². The molecule has 3 N–H and O–H groups in total. The van der Waals surface area contributed by atoms with E-state index in [0.29, 0.717) is 13.1 Å². The van der Waals surface area contributed by atoms with Crippen LogP contribution >= 0.6 is 0 Å². The molecule has 3 aliphatic rings. The third-order valence-electron chi connectivity index (χ3n) is 6.37. The van der Waals surface area contributed by atoms with Crippen molar-refractivity contribution in [3.05, 3.63) is 0 Å². The van der Waals surface area contributed by atoms with E-state index in [0.717, 1.165) is 58.2 Å². The number of carbonyl (C=O) groups excluding carboxylic acids is 2. The highest BCUT2D eigenvalue weighted by Gasteiger charge is 2.38. The van der Waals surface area contributed by atoms with Gasteiger partial charge >= 0.3 is 5.97 Å². The first-order chi connectivity index (χ1) is 12.4. The molecule has 2 unspecified atom stereocenters. The van der Waals surface area contributed by atoms with Gasteiger partial charge in [-0.15, -0.1) is 0 Å². The number of nitrogens with two attached hydrogens (primary N) is 1. The molecule has 2 heterocycles. The number of likely N-dealkylation sites (tertiary alicyclic amines) is 2. The number of amides is 2. The average molecular weight is 365 g/mol. The van der Waals surface area contributed by atoms with E-state index in [9.17, 15) is 19.5 Å². The third kappa shape index (κ3) is 4.96. The Morgan fingerprint density at radius 2 is 1.62 bits per heavy atom. The lowest BCUT2D eigenvalue weighted by molar-refractivity contribution is -0.140. The number of hydrogen-bond acceptors (Lipinski definition) is 4. The van der Waals surface area contributed by atoms with Crippen molar-refractivity contribution in [3.63, 3.8) is 0 Å². The van der Waals surface area contributed by atoms with E-state index in [2.05, 4.69) is 4.90 Å². The van der Waals surface area contributed by atoms with Crippen LogP contribution < -0.4 is 5.73 Å². The summed E-state index contributed by atoms with van der Waals surface area (Å²) in [5.41, 5.74) is 5.39. The Hall–Kier alpha value is -1.63. The van der Waals surface area contributed by atoms with Crippen LogP contribution in [-0.2, 0) is 14.4 Å². The second-order valence-electron chi connectivity index (χ2n) is 8.27. The summed E-state index contributed by atoms with van der Waals surface area (Å²) in [5.74, 6) is -0.0647. The maximum atomic E-state index is 12.4. The minimum atomic E-state index is -0.746. The van der Waals surface area contributed by atoms with E-state index < -0.39 is 5.97 Å². The Labute approximate surface area is 154 Å². The van der Waals surface area contributed by atoms with Gasteiger partial charge in [-0.2, -0.15) is 0 Å². The van der Waals surface area contributed by atoms with Gasteiger partial charge in [0.1, 0.15) is 0 Å². The van der Waals surface area contributed by atoms with Crippen molar-refractivity contribution >= 4 is 17.8 Å². The Morgan fingerprint density at radius 1 is 0.923 bits per heavy atom. The Bertz CT molecular complexity index is 541. The molecule has 0 aromatic carbocycles. The van der Waals surface area contributed by atoms with Gasteiger partial charge in [0, 0.05) is 31.3 Å². The molecule has 0 radical (unpaired) electrons. The SMILES string of the molecule is NC(=O)C1CCN(CCC2CN(C(=O)C3CC3)CCC2CC(=O)O)CC1. The highest BCUT2D eigenvalue weighted by molar-refractivity contribution is 5.81. The summed E-state index contributed by atoms with van der Waals surface area (Å²) in [5, 5.41) is 9.22. The van der Waals surface area contributed by atoms with Crippen LogP contribution in [0.3, 0.4) is 0 Å². The second kappa shape index (κ2) is 8.37. The van der Waals surface area contributed by atoms with E-state index >= 15 is 0 Å². The Balaban J connectivity index is 1.52. The zero-order valence-electron chi connectivity index (χ0n) is 15.4. The van der Waals surface area contributed by atoms with Gasteiger partial charge in [-0.05, 0) is 70.0 Å². The molecular weight excluding hydrogens is 334 g/mol. The quantitative estimate of drug-likeness (QED) is 0.698. The Morgan fingerprint density at radius 3 is 2.19 bits per heavy atom. The molecule has 3 rings (SSSR count). The molecule has 0 bridgehead atoms. The number of piperidine rings is 2. The van der Waals surface area contributed by atoms with Crippen molar-refractivity contribution in [1.82, 2.24) is 9.80 Å². The number of aliphatic carboxylic acids is 1. The smallest absolute Gasteiger partial charge is 0.303 e. The van der Waals surface area contributed by atoms with Crippen molar-refractivity contribution in [2.24, 2.45) is 29.4 Å². The second-order valence-corrected chi connectivity index (χ2v) is 8.27. The predicted molar refractivity (Wildman–Crippen MR) is 96.1 cm³/mol. The molecule has 1 saturated carbocycles. The van der Waals surface area contributed by atoms with E-state index in [1.165, 1.54) is 0 Å². The van der Waals surface area contributed by atoms with Crippen molar-refractivity contribution in [3.8, 4) is 0 Å². The zero-order chi connectivity index (χ0) is 18.7. The summed E-state index contributed by atoms with van der Waals surface area (Å²) < 4.78 is 0. The molecular formula is C19H31N3O4. The minimum absolute atomic E-state index is 0.00709. The summed E-state index contributed by atoms with van der Waals surface area (Å²) in [6.45, 7) is 4.04. The fraction of sp³-hybridized carbons (Fsp3) is 0.842. The van der Waals surface area contributed by atoms with Crippen LogP contribution in [0.2, 0.25) is 0 Å². The van der Waals surface area contributed by atoms with Gasteiger partial charge in [0.15, 0.2) is 0 Å². The van der Waals surface area contributed by atoms with Crippen molar-refractivity contribution < 1.29 is 19.5 Å². The monoisotopic (exact) mass is 365 g/mol. The van der Waals surface area contributed by atoms with Gasteiger partial charge in [-0.25, -0.2) is 0 Å². The molecule has 146 valence electrons. The lowest BCUT2D eigenvalue weighted by Crippen LogP contribution is -2.46. The van der Waals surface area contributed by atoms with Crippen LogP contribution in [-0.4, -0.2) is 65.4 Å². The molecule has 2 saturated heterocycles. The topological polar surface area (TPSA) is 104 Å². The number of primary amides is 1. The average Bonchev–Trinajstić information content (AvgIpc) is 3.45. The van der Waals surface area contributed by atoms with Crippen LogP contribution in [0, 0.1) is 23.7 Å². The van der Waals surface area contributed by atoms with Gasteiger partial charge in [0.2, 0.25) is 11.8 Å². The maximum absolute atomic E-state index is 12.4. The molecule has 0 aromatic heterocycles. The predicted octanol–water partition coefficient (Wildman–Crippen LogP) is 0.923. The van der Waals surface area contributed by atoms with Crippen LogP contribution in [0.15, 0.2) is 0 Å². The molecule has 2 amide bonds. The van der Waals surface area contributed by atoms with Crippen LogP contribution in [0.5, 0.6) is 0 Å². The van der Waals surface area contributed by atoms with Gasteiger partial charge in [0.25, 0.3) is 0 Å². The molecule has 3 fully saturated rings. The minimum Gasteiger partial charge on any atom is -0.481 e. The molecule has 26 heavy (non-hydrogen) atoms. The first kappa shape index (κ1) is 19.1. The van der Waals surface area contributed by atoms with Crippen molar-refractivity contribution in [1.29, 1.82) is 0 Å². The van der Waals surface area contributed by atoms with Gasteiger partial charge in [-0.3, -0.25) is 14.4 Å². The van der Waals surface area contributed by atoms with E-state index in [1.807, 2.05) is 4.90 Å². The standard InChI is InChI=1S/C19H31N3O4/c20-18(25)13-3-7-21(8-4-13)9-5-16-12-22(19(26)14-1-2-14)10-6-15(16)11-17(23)24/h13-16H,1-12H2,(H2,20,25)(H,23,24). The molecule has 7 heteroatoms. The fourth-order valence-electron chi connectivity index (χ4n) is 4.48.